The van der Waals surface area contributed by atoms with E-state index >= 15 is 0 Å². The van der Waals surface area contributed by atoms with Gasteiger partial charge in [0.2, 0.25) is 5.89 Å². The Morgan fingerprint density at radius 3 is 2.85 bits per heavy atom. The van der Waals surface area contributed by atoms with E-state index in [2.05, 4.69) is 20.8 Å². The van der Waals surface area contributed by atoms with Gasteiger partial charge in [-0.3, -0.25) is 4.79 Å². The van der Waals surface area contributed by atoms with E-state index in [0.29, 0.717) is 43.9 Å². The van der Waals surface area contributed by atoms with Crippen molar-refractivity contribution in [1.29, 1.82) is 0 Å². The van der Waals surface area contributed by atoms with Gasteiger partial charge in [-0.1, -0.05) is 5.16 Å². The summed E-state index contributed by atoms with van der Waals surface area (Å²) in [5.41, 5.74) is 0. The second kappa shape index (κ2) is 6.36. The highest BCUT2D eigenvalue weighted by Crippen LogP contribution is 2.25. The van der Waals surface area contributed by atoms with Crippen molar-refractivity contribution >= 4 is 12.0 Å². The number of nitrogens with one attached hydrogen (secondary N) is 2. The molecule has 1 aliphatic carbocycles. The molecule has 1 aromatic rings. The molecule has 2 amide bonds. The topological polar surface area (TPSA) is 117 Å². The maximum Gasteiger partial charge on any atom is 0.315 e. The molecular weight excluding hydrogens is 264 g/mol. The minimum Gasteiger partial charge on any atom is -0.481 e. The highest BCUT2D eigenvalue weighted by atomic mass is 16.5. The van der Waals surface area contributed by atoms with Crippen molar-refractivity contribution in [3.63, 3.8) is 0 Å². The summed E-state index contributed by atoms with van der Waals surface area (Å²) < 4.78 is 4.92. The zero-order valence-electron chi connectivity index (χ0n) is 11.3. The molecule has 110 valence electrons. The van der Waals surface area contributed by atoms with E-state index in [-0.39, 0.29) is 18.0 Å². The van der Waals surface area contributed by atoms with E-state index in [1.54, 1.807) is 6.92 Å². The summed E-state index contributed by atoms with van der Waals surface area (Å²) in [6.07, 6.45) is 2.27. The van der Waals surface area contributed by atoms with Crippen molar-refractivity contribution in [2.24, 2.45) is 5.92 Å². The molecule has 0 bridgehead atoms. The average molecular weight is 282 g/mol. The number of carbonyl (C=O) groups excluding carboxylic acids is 1. The van der Waals surface area contributed by atoms with Crippen LogP contribution in [0, 0.1) is 12.8 Å². The second-order valence-corrected chi connectivity index (χ2v) is 4.93. The molecule has 0 aliphatic heterocycles. The molecule has 1 heterocycles. The van der Waals surface area contributed by atoms with E-state index < -0.39 is 5.97 Å². The Balaban J connectivity index is 1.65. The van der Waals surface area contributed by atoms with Crippen LogP contribution in [-0.2, 0) is 11.2 Å². The lowest BCUT2D eigenvalue weighted by Gasteiger charge is -2.12. The summed E-state index contributed by atoms with van der Waals surface area (Å²) in [7, 11) is 0. The molecule has 1 fully saturated rings. The number of carbonyl (C=O) groups is 2. The first kappa shape index (κ1) is 14.3. The summed E-state index contributed by atoms with van der Waals surface area (Å²) in [5.74, 6) is -0.0899. The molecule has 1 saturated carbocycles. The predicted molar refractivity (Wildman–Crippen MR) is 68.0 cm³/mol. The summed E-state index contributed by atoms with van der Waals surface area (Å²) in [5, 5.41) is 18.0. The molecule has 0 spiro atoms. The SMILES string of the molecule is Cc1noc(CCNC(=O)N[C@H]2CC[C@@H](C(=O)O)C2)n1. The van der Waals surface area contributed by atoms with Gasteiger partial charge in [-0.25, -0.2) is 4.79 Å². The van der Waals surface area contributed by atoms with E-state index in [1.165, 1.54) is 0 Å². The molecule has 8 heteroatoms. The quantitative estimate of drug-likeness (QED) is 0.722. The zero-order chi connectivity index (χ0) is 14.5. The third-order valence-corrected chi connectivity index (χ3v) is 3.31. The molecule has 20 heavy (non-hydrogen) atoms. The number of rotatable bonds is 5. The number of carboxylic acid groups (broad SMARTS) is 1. The van der Waals surface area contributed by atoms with Crippen LogP contribution in [0.4, 0.5) is 4.79 Å². The van der Waals surface area contributed by atoms with Gasteiger partial charge in [0.15, 0.2) is 5.82 Å². The van der Waals surface area contributed by atoms with Crippen LogP contribution in [-0.4, -0.2) is 39.8 Å². The Bertz CT molecular complexity index is 488. The van der Waals surface area contributed by atoms with Crippen molar-refractivity contribution in [3.05, 3.63) is 11.7 Å². The standard InChI is InChI=1S/C12H18N4O4/c1-7-14-10(20-16-7)4-5-13-12(19)15-9-3-2-8(6-9)11(17)18/h8-9H,2-6H2,1H3,(H,17,18)(H2,13,15,19)/t8-,9+/m1/s1. The predicted octanol–water partition coefficient (Wildman–Crippen LogP) is 0.473. The van der Waals surface area contributed by atoms with Gasteiger partial charge in [0.05, 0.1) is 5.92 Å². The number of urea groups is 1. The molecule has 0 aromatic carbocycles. The fourth-order valence-corrected chi connectivity index (χ4v) is 2.30. The minimum atomic E-state index is -0.790. The molecule has 1 aromatic heterocycles. The Morgan fingerprint density at radius 1 is 1.45 bits per heavy atom. The molecular formula is C12H18N4O4. The monoisotopic (exact) mass is 282 g/mol. The van der Waals surface area contributed by atoms with Gasteiger partial charge in [-0.2, -0.15) is 4.98 Å². The lowest BCUT2D eigenvalue weighted by molar-refractivity contribution is -0.141. The lowest BCUT2D eigenvalue weighted by atomic mass is 10.1. The molecule has 1 aliphatic rings. The van der Waals surface area contributed by atoms with Crippen LogP contribution in [0.1, 0.15) is 31.0 Å². The molecule has 0 radical (unpaired) electrons. The van der Waals surface area contributed by atoms with Gasteiger partial charge < -0.3 is 20.3 Å². The van der Waals surface area contributed by atoms with Gasteiger partial charge >= 0.3 is 12.0 Å². The summed E-state index contributed by atoms with van der Waals surface area (Å²) in [4.78, 5) is 26.5. The summed E-state index contributed by atoms with van der Waals surface area (Å²) >= 11 is 0. The van der Waals surface area contributed by atoms with Gasteiger partial charge in [0.25, 0.3) is 0 Å². The fourth-order valence-electron chi connectivity index (χ4n) is 2.30. The van der Waals surface area contributed by atoms with Gasteiger partial charge in [-0.15, -0.1) is 0 Å². The van der Waals surface area contributed by atoms with Crippen LogP contribution >= 0.6 is 0 Å². The highest BCUT2D eigenvalue weighted by molar-refractivity contribution is 5.75. The second-order valence-electron chi connectivity index (χ2n) is 4.93. The molecule has 2 atom stereocenters. The molecule has 3 N–H and O–H groups in total. The van der Waals surface area contributed by atoms with E-state index in [1.807, 2.05) is 0 Å². The van der Waals surface area contributed by atoms with Crippen molar-refractivity contribution in [3.8, 4) is 0 Å². The number of carboxylic acids is 1. The van der Waals surface area contributed by atoms with Crippen molar-refractivity contribution < 1.29 is 19.2 Å². The number of nitrogens with zero attached hydrogens (tertiary/aromatic N) is 2. The van der Waals surface area contributed by atoms with Crippen LogP contribution < -0.4 is 10.6 Å². The Labute approximate surface area is 115 Å². The van der Waals surface area contributed by atoms with Crippen LogP contribution in [0.25, 0.3) is 0 Å². The number of amides is 2. The Kier molecular flexibility index (Phi) is 4.54. The number of aromatic nitrogens is 2. The normalized spacial score (nSPS) is 21.6. The maximum absolute atomic E-state index is 11.6. The van der Waals surface area contributed by atoms with Crippen molar-refractivity contribution in [2.75, 3.05) is 6.54 Å². The minimum absolute atomic E-state index is 0.0678. The molecule has 0 saturated heterocycles. The zero-order valence-corrected chi connectivity index (χ0v) is 11.3. The van der Waals surface area contributed by atoms with Gasteiger partial charge in [-0.05, 0) is 26.2 Å². The number of aryl methyl sites for hydroxylation is 1. The molecule has 0 unspecified atom stereocenters. The summed E-state index contributed by atoms with van der Waals surface area (Å²) in [6.45, 7) is 2.12. The van der Waals surface area contributed by atoms with E-state index in [0.717, 1.165) is 0 Å². The smallest absolute Gasteiger partial charge is 0.315 e. The first-order valence-electron chi connectivity index (χ1n) is 6.61. The average Bonchev–Trinajstić information content (AvgIpc) is 2.99. The first-order chi connectivity index (χ1) is 9.54. The Morgan fingerprint density at radius 2 is 2.25 bits per heavy atom. The van der Waals surface area contributed by atoms with Gasteiger partial charge in [0, 0.05) is 19.0 Å². The highest BCUT2D eigenvalue weighted by Gasteiger charge is 2.30. The molecule has 8 nitrogen and oxygen atoms in total. The number of aliphatic carboxylic acids is 1. The maximum atomic E-state index is 11.6. The first-order valence-corrected chi connectivity index (χ1v) is 6.61. The third kappa shape index (κ3) is 3.94. The summed E-state index contributed by atoms with van der Waals surface area (Å²) in [6, 6.07) is -0.362. The number of hydrogen-bond donors (Lipinski definition) is 3. The van der Waals surface area contributed by atoms with E-state index in [4.69, 9.17) is 9.63 Å². The fraction of sp³-hybridized carbons (Fsp3) is 0.667. The van der Waals surface area contributed by atoms with Crippen LogP contribution in [0.5, 0.6) is 0 Å². The lowest BCUT2D eigenvalue weighted by Crippen LogP contribution is -2.41. The number of hydrogen-bond acceptors (Lipinski definition) is 5. The van der Waals surface area contributed by atoms with Crippen molar-refractivity contribution in [2.45, 2.75) is 38.6 Å². The van der Waals surface area contributed by atoms with E-state index in [9.17, 15) is 9.59 Å². The van der Waals surface area contributed by atoms with Crippen LogP contribution in [0.15, 0.2) is 4.52 Å². The molecule has 2 rings (SSSR count). The largest absolute Gasteiger partial charge is 0.481 e. The van der Waals surface area contributed by atoms with Crippen LogP contribution in [0.2, 0.25) is 0 Å². The third-order valence-electron chi connectivity index (χ3n) is 3.31. The van der Waals surface area contributed by atoms with Crippen LogP contribution in [0.3, 0.4) is 0 Å². The Hall–Kier alpha value is -2.12. The van der Waals surface area contributed by atoms with Crippen molar-refractivity contribution in [1.82, 2.24) is 20.8 Å². The van der Waals surface area contributed by atoms with Gasteiger partial charge in [0.1, 0.15) is 0 Å².